The van der Waals surface area contributed by atoms with E-state index in [1.165, 1.54) is 31.5 Å². The van der Waals surface area contributed by atoms with Crippen molar-refractivity contribution in [2.45, 2.75) is 18.2 Å². The van der Waals surface area contributed by atoms with Gasteiger partial charge >= 0.3 is 0 Å². The van der Waals surface area contributed by atoms with E-state index in [1.807, 2.05) is 29.2 Å². The van der Waals surface area contributed by atoms with Crippen LogP contribution in [0.5, 0.6) is 0 Å². The van der Waals surface area contributed by atoms with Crippen LogP contribution in [0.25, 0.3) is 27.8 Å². The van der Waals surface area contributed by atoms with Crippen LogP contribution < -0.4 is 15.4 Å². The molecule has 11 nitrogen and oxygen atoms in total. The Labute approximate surface area is 285 Å². The molecule has 1 saturated heterocycles. The largest absolute Gasteiger partial charge is 0.337 e. The molecule has 0 aliphatic carbocycles. The third kappa shape index (κ3) is 6.14. The third-order valence-electron chi connectivity index (χ3n) is 8.37. The van der Waals surface area contributed by atoms with Crippen molar-refractivity contribution >= 4 is 66.7 Å². The zero-order chi connectivity index (χ0) is 34.3. The molecule has 0 radical (unpaired) electrons. The number of pyridine rings is 1. The molecule has 0 atom stereocenters. The molecular weight excluding hydrogens is 674 g/mol. The fourth-order valence-corrected chi connectivity index (χ4v) is 7.42. The average molecular weight is 703 g/mol. The molecule has 1 fully saturated rings. The number of rotatable bonds is 7. The van der Waals surface area contributed by atoms with Gasteiger partial charge in [0.15, 0.2) is 11.6 Å². The Morgan fingerprint density at radius 2 is 1.82 bits per heavy atom. The number of benzene rings is 3. The first-order valence-electron chi connectivity index (χ1n) is 15.4. The van der Waals surface area contributed by atoms with Gasteiger partial charge in [0.1, 0.15) is 29.2 Å². The number of anilines is 3. The van der Waals surface area contributed by atoms with Crippen molar-refractivity contribution in [1.82, 2.24) is 29.7 Å². The first-order valence-corrected chi connectivity index (χ1v) is 17.2. The second-order valence-electron chi connectivity index (χ2n) is 11.5. The minimum Gasteiger partial charge on any atom is -0.337 e. The number of sulfonamides is 1. The van der Waals surface area contributed by atoms with Crippen LogP contribution in [0.15, 0.2) is 84.1 Å². The van der Waals surface area contributed by atoms with Crippen molar-refractivity contribution < 1.29 is 22.0 Å². The van der Waals surface area contributed by atoms with Crippen LogP contribution in [0.3, 0.4) is 0 Å². The molecule has 1 aliphatic heterocycles. The van der Waals surface area contributed by atoms with Crippen LogP contribution in [0.2, 0.25) is 5.02 Å². The fourth-order valence-electron chi connectivity index (χ4n) is 5.86. The molecule has 3 N–H and O–H groups in total. The highest BCUT2D eigenvalue weighted by Crippen LogP contribution is 2.33. The number of fused-ring (bicyclic) bond motifs is 2. The van der Waals surface area contributed by atoms with Crippen molar-refractivity contribution in [3.05, 3.63) is 107 Å². The van der Waals surface area contributed by atoms with Crippen LogP contribution >= 0.6 is 11.6 Å². The van der Waals surface area contributed by atoms with Gasteiger partial charge in [-0.15, -0.1) is 0 Å². The molecule has 3 aromatic heterocycles. The van der Waals surface area contributed by atoms with E-state index in [9.17, 15) is 13.2 Å². The summed E-state index contributed by atoms with van der Waals surface area (Å²) in [5.74, 6) is -1.89. The molecule has 4 heterocycles. The SMILES string of the molecule is Cc1c(Cl)cccc1S(=O)(=O)Nc1ccc(F)c(Nc2ncnc3ccc(-n4cc(C(=O)N5CCCNCC5)c5ccccc54)nc23)c1F. The summed E-state index contributed by atoms with van der Waals surface area (Å²) in [4.78, 5) is 28.6. The number of aromatic nitrogens is 4. The minimum atomic E-state index is -4.29. The Morgan fingerprint density at radius 3 is 2.67 bits per heavy atom. The summed E-state index contributed by atoms with van der Waals surface area (Å²) >= 11 is 6.11. The number of carbonyl (C=O) groups is 1. The van der Waals surface area contributed by atoms with Crippen molar-refractivity contribution in [3.63, 3.8) is 0 Å². The maximum Gasteiger partial charge on any atom is 0.262 e. The topological polar surface area (TPSA) is 134 Å². The van der Waals surface area contributed by atoms with E-state index in [1.54, 1.807) is 22.9 Å². The number of para-hydroxylation sites is 1. The summed E-state index contributed by atoms with van der Waals surface area (Å²) in [7, 11) is -4.29. The van der Waals surface area contributed by atoms with Gasteiger partial charge in [0.25, 0.3) is 15.9 Å². The lowest BCUT2D eigenvalue weighted by molar-refractivity contribution is 0.0768. The molecule has 0 saturated carbocycles. The van der Waals surface area contributed by atoms with E-state index >= 15 is 8.78 Å². The van der Waals surface area contributed by atoms with Crippen LogP contribution in [-0.2, 0) is 10.0 Å². The maximum absolute atomic E-state index is 15.9. The Balaban J connectivity index is 1.26. The van der Waals surface area contributed by atoms with E-state index in [2.05, 4.69) is 25.3 Å². The lowest BCUT2D eigenvalue weighted by atomic mass is 10.1. The second-order valence-corrected chi connectivity index (χ2v) is 13.5. The monoisotopic (exact) mass is 702 g/mol. The maximum atomic E-state index is 15.9. The van der Waals surface area contributed by atoms with E-state index in [-0.39, 0.29) is 32.7 Å². The summed E-state index contributed by atoms with van der Waals surface area (Å²) < 4.78 is 61.3. The molecule has 0 spiro atoms. The van der Waals surface area contributed by atoms with Crippen molar-refractivity contribution in [3.8, 4) is 5.82 Å². The van der Waals surface area contributed by atoms with Crippen molar-refractivity contribution in [1.29, 1.82) is 0 Å². The van der Waals surface area contributed by atoms with Gasteiger partial charge in [0.05, 0.1) is 27.2 Å². The third-order valence-corrected chi connectivity index (χ3v) is 10.3. The fraction of sp³-hybridized carbons (Fsp3) is 0.176. The lowest BCUT2D eigenvalue weighted by Crippen LogP contribution is -2.34. The highest BCUT2D eigenvalue weighted by molar-refractivity contribution is 7.92. The van der Waals surface area contributed by atoms with Gasteiger partial charge in [0, 0.05) is 36.2 Å². The molecule has 7 rings (SSSR count). The number of nitrogens with one attached hydrogen (secondary N) is 3. The van der Waals surface area contributed by atoms with E-state index in [0.29, 0.717) is 36.5 Å². The molecule has 49 heavy (non-hydrogen) atoms. The quantitative estimate of drug-likeness (QED) is 0.179. The van der Waals surface area contributed by atoms with Gasteiger partial charge in [0.2, 0.25) is 0 Å². The number of amides is 1. The number of halogens is 3. The molecule has 1 amide bonds. The molecule has 250 valence electrons. The zero-order valence-electron chi connectivity index (χ0n) is 26.0. The van der Waals surface area contributed by atoms with E-state index in [4.69, 9.17) is 16.6 Å². The molecule has 3 aromatic carbocycles. The average Bonchev–Trinajstić information content (AvgIpc) is 3.27. The van der Waals surface area contributed by atoms with Crippen LogP contribution in [0, 0.1) is 18.6 Å². The summed E-state index contributed by atoms with van der Waals surface area (Å²) in [5.41, 5.74) is 0.956. The zero-order valence-corrected chi connectivity index (χ0v) is 27.6. The van der Waals surface area contributed by atoms with Crippen molar-refractivity contribution in [2.24, 2.45) is 0 Å². The van der Waals surface area contributed by atoms with E-state index < -0.39 is 33.0 Å². The summed E-state index contributed by atoms with van der Waals surface area (Å²) in [5, 5.41) is 6.95. The van der Waals surface area contributed by atoms with E-state index in [0.717, 1.165) is 36.0 Å². The molecule has 1 aliphatic rings. The Bertz CT molecular complexity index is 2360. The summed E-state index contributed by atoms with van der Waals surface area (Å²) in [6, 6.07) is 17.1. The summed E-state index contributed by atoms with van der Waals surface area (Å²) in [6.45, 7) is 4.32. The number of carbonyl (C=O) groups excluding carboxylic acids is 1. The highest BCUT2D eigenvalue weighted by Gasteiger charge is 2.25. The van der Waals surface area contributed by atoms with Crippen LogP contribution in [-0.4, -0.2) is 64.9 Å². The first kappa shape index (κ1) is 32.4. The van der Waals surface area contributed by atoms with Gasteiger partial charge in [-0.1, -0.05) is 35.9 Å². The van der Waals surface area contributed by atoms with Gasteiger partial charge in [-0.05, 0) is 67.9 Å². The number of hydrogen-bond acceptors (Lipinski definition) is 8. The first-order chi connectivity index (χ1) is 23.6. The predicted molar refractivity (Wildman–Crippen MR) is 184 cm³/mol. The van der Waals surface area contributed by atoms with Gasteiger partial charge in [-0.2, -0.15) is 0 Å². The molecule has 0 bridgehead atoms. The van der Waals surface area contributed by atoms with Gasteiger partial charge < -0.3 is 20.1 Å². The highest BCUT2D eigenvalue weighted by atomic mass is 35.5. The molecule has 0 unspecified atom stereocenters. The van der Waals surface area contributed by atoms with Gasteiger partial charge in [-0.3, -0.25) is 9.52 Å². The normalized spacial score (nSPS) is 13.8. The van der Waals surface area contributed by atoms with Crippen molar-refractivity contribution in [2.75, 3.05) is 36.2 Å². The number of hydrogen-bond donors (Lipinski definition) is 3. The van der Waals surface area contributed by atoms with Crippen LogP contribution in [0.4, 0.5) is 26.0 Å². The molecular formula is C34H29ClF2N8O3S. The Kier molecular flexibility index (Phi) is 8.61. The Hall–Kier alpha value is -5.18. The minimum absolute atomic E-state index is 0.0276. The standard InChI is InChI=1S/C34H29ClF2N8O3S/c1-20-23(35)7-4-9-28(20)49(47,48)43-25-11-10-24(36)31(30(25)37)42-33-32-26(39-19-40-33)12-13-29(41-32)45-18-22(21-6-2-3-8-27(21)45)34(46)44-16-5-14-38-15-17-44/h2-4,6-13,18-19,38,43H,5,14-17H2,1H3,(H,39,40,42). The predicted octanol–water partition coefficient (Wildman–Crippen LogP) is 6.19. The molecule has 6 aromatic rings. The lowest BCUT2D eigenvalue weighted by Gasteiger charge is -2.19. The smallest absolute Gasteiger partial charge is 0.262 e. The summed E-state index contributed by atoms with van der Waals surface area (Å²) in [6.07, 6.45) is 3.81. The van der Waals surface area contributed by atoms with Gasteiger partial charge in [-0.25, -0.2) is 32.2 Å². The Morgan fingerprint density at radius 1 is 0.980 bits per heavy atom. The van der Waals surface area contributed by atoms with Crippen LogP contribution in [0.1, 0.15) is 22.3 Å². The molecule has 15 heteroatoms. The second kappa shape index (κ2) is 13.0. The number of nitrogens with zero attached hydrogens (tertiary/aromatic N) is 5.